The van der Waals surface area contributed by atoms with E-state index in [1.54, 1.807) is 18.2 Å². The highest BCUT2D eigenvalue weighted by molar-refractivity contribution is 7.80. The van der Waals surface area contributed by atoms with E-state index >= 15 is 0 Å². The fourth-order valence-electron chi connectivity index (χ4n) is 3.56. The minimum Gasteiger partial charge on any atom is -0.504 e. The molecule has 3 N–H and O–H groups in total. The first-order valence-electron chi connectivity index (χ1n) is 9.53. The number of aromatic hydroxyl groups is 1. The molecular formula is C24H19ClN2O3S. The highest BCUT2D eigenvalue weighted by Gasteiger charge is 2.34. The molecule has 0 radical (unpaired) electrons. The quantitative estimate of drug-likeness (QED) is 0.380. The number of ketones is 1. The first-order chi connectivity index (χ1) is 15.0. The molecule has 0 aliphatic carbocycles. The zero-order chi connectivity index (χ0) is 22.0. The molecule has 1 heterocycles. The van der Waals surface area contributed by atoms with Crippen molar-refractivity contribution in [3.05, 3.63) is 100 Å². The summed E-state index contributed by atoms with van der Waals surface area (Å²) in [5.74, 6) is -0.00977. The van der Waals surface area contributed by atoms with Crippen molar-refractivity contribution in [3.8, 4) is 11.5 Å². The third kappa shape index (κ3) is 4.13. The number of benzene rings is 3. The number of rotatable bonds is 5. The van der Waals surface area contributed by atoms with E-state index < -0.39 is 6.04 Å². The van der Waals surface area contributed by atoms with Gasteiger partial charge in [0.25, 0.3) is 0 Å². The number of carbonyl (C=O) groups is 1. The maximum Gasteiger partial charge on any atom is 0.193 e. The summed E-state index contributed by atoms with van der Waals surface area (Å²) < 4.78 is 5.26. The molecule has 0 aromatic heterocycles. The van der Waals surface area contributed by atoms with Crippen molar-refractivity contribution < 1.29 is 14.6 Å². The smallest absolute Gasteiger partial charge is 0.193 e. The summed E-state index contributed by atoms with van der Waals surface area (Å²) in [5, 5.41) is 17.1. The molecular weight excluding hydrogens is 432 g/mol. The molecule has 5 nitrogen and oxygen atoms in total. The van der Waals surface area contributed by atoms with Gasteiger partial charge in [-0.05, 0) is 23.8 Å². The van der Waals surface area contributed by atoms with Gasteiger partial charge < -0.3 is 20.5 Å². The Labute approximate surface area is 190 Å². The molecule has 31 heavy (non-hydrogen) atoms. The second kappa shape index (κ2) is 8.79. The fourth-order valence-corrected chi connectivity index (χ4v) is 4.05. The number of phenolic OH excluding ortho intramolecular Hbond substituents is 1. The Bertz CT molecular complexity index is 1180. The topological polar surface area (TPSA) is 70.6 Å². The maximum atomic E-state index is 13.7. The number of Topliss-reactive ketones (excluding diaryl/α,β-unsaturated/α-hetero) is 1. The number of phenols is 1. The second-order valence-electron chi connectivity index (χ2n) is 6.93. The number of hydrogen-bond acceptors (Lipinski definition) is 4. The third-order valence-corrected chi connectivity index (χ3v) is 5.57. The van der Waals surface area contributed by atoms with Crippen LogP contribution in [0.4, 0.5) is 0 Å². The van der Waals surface area contributed by atoms with Gasteiger partial charge in [0.15, 0.2) is 22.4 Å². The summed E-state index contributed by atoms with van der Waals surface area (Å²) in [4.78, 5) is 13.7. The van der Waals surface area contributed by atoms with E-state index in [4.69, 9.17) is 28.6 Å². The van der Waals surface area contributed by atoms with E-state index in [9.17, 15) is 9.90 Å². The number of methoxy groups -OCH3 is 1. The fraction of sp³-hybridized carbons (Fsp3) is 0.0833. The van der Waals surface area contributed by atoms with Crippen molar-refractivity contribution in [2.24, 2.45) is 0 Å². The number of halogens is 1. The van der Waals surface area contributed by atoms with Gasteiger partial charge in [-0.15, -0.1) is 0 Å². The molecule has 1 aliphatic heterocycles. The van der Waals surface area contributed by atoms with E-state index in [0.717, 1.165) is 5.56 Å². The minimum absolute atomic E-state index is 0.0871. The molecule has 3 aromatic carbocycles. The molecule has 7 heteroatoms. The first-order valence-corrected chi connectivity index (χ1v) is 10.3. The van der Waals surface area contributed by atoms with Gasteiger partial charge >= 0.3 is 0 Å². The molecule has 0 bridgehead atoms. The number of ether oxygens (including phenoxy) is 1. The molecule has 1 aliphatic rings. The van der Waals surface area contributed by atoms with Crippen molar-refractivity contribution in [2.75, 3.05) is 7.11 Å². The molecule has 0 fully saturated rings. The first kappa shape index (κ1) is 20.9. The Balaban J connectivity index is 1.97. The predicted molar refractivity (Wildman–Crippen MR) is 125 cm³/mol. The Kier molecular flexibility index (Phi) is 5.93. The van der Waals surface area contributed by atoms with Crippen LogP contribution in [0, 0.1) is 0 Å². The Hall–Kier alpha value is -3.35. The lowest BCUT2D eigenvalue weighted by Gasteiger charge is -2.32. The van der Waals surface area contributed by atoms with E-state index in [-0.39, 0.29) is 22.3 Å². The van der Waals surface area contributed by atoms with Crippen molar-refractivity contribution in [1.82, 2.24) is 10.6 Å². The van der Waals surface area contributed by atoms with Gasteiger partial charge in [-0.2, -0.15) is 0 Å². The van der Waals surface area contributed by atoms with Gasteiger partial charge in [-0.3, -0.25) is 4.79 Å². The van der Waals surface area contributed by atoms with Crippen molar-refractivity contribution >= 4 is 40.4 Å². The van der Waals surface area contributed by atoms with Crippen molar-refractivity contribution in [3.63, 3.8) is 0 Å². The van der Waals surface area contributed by atoms with Crippen LogP contribution in [-0.4, -0.2) is 23.1 Å². The molecule has 0 spiro atoms. The molecule has 0 amide bonds. The lowest BCUT2D eigenvalue weighted by Crippen LogP contribution is -2.45. The van der Waals surface area contributed by atoms with Crippen LogP contribution in [0.25, 0.3) is 5.70 Å². The summed E-state index contributed by atoms with van der Waals surface area (Å²) in [7, 11) is 1.45. The molecule has 3 aromatic rings. The van der Waals surface area contributed by atoms with E-state index in [2.05, 4.69) is 10.6 Å². The van der Waals surface area contributed by atoms with Gasteiger partial charge in [-0.25, -0.2) is 0 Å². The lowest BCUT2D eigenvalue weighted by molar-refractivity contribution is 0.102. The van der Waals surface area contributed by atoms with Crippen LogP contribution < -0.4 is 15.4 Å². The molecule has 156 valence electrons. The van der Waals surface area contributed by atoms with Crippen LogP contribution >= 0.6 is 23.8 Å². The van der Waals surface area contributed by atoms with Gasteiger partial charge in [-0.1, -0.05) is 72.3 Å². The Morgan fingerprint density at radius 2 is 1.71 bits per heavy atom. The largest absolute Gasteiger partial charge is 0.504 e. The van der Waals surface area contributed by atoms with E-state index in [1.807, 2.05) is 48.5 Å². The average molecular weight is 451 g/mol. The highest BCUT2D eigenvalue weighted by Crippen LogP contribution is 2.40. The van der Waals surface area contributed by atoms with Gasteiger partial charge in [0.1, 0.15) is 0 Å². The van der Waals surface area contributed by atoms with Crippen LogP contribution in [0.15, 0.2) is 78.4 Å². The summed E-state index contributed by atoms with van der Waals surface area (Å²) in [6.45, 7) is 0. The second-order valence-corrected chi connectivity index (χ2v) is 7.74. The SMILES string of the molecule is COc1cc([C@@H]2NC(=S)NC(c3ccccc3)=C2C(=O)c2ccccc2)c(Cl)cc1O. The summed E-state index contributed by atoms with van der Waals surface area (Å²) in [6, 6.07) is 20.9. The van der Waals surface area contributed by atoms with Crippen LogP contribution in [-0.2, 0) is 0 Å². The average Bonchev–Trinajstić information content (AvgIpc) is 2.79. The van der Waals surface area contributed by atoms with Crippen molar-refractivity contribution in [2.45, 2.75) is 6.04 Å². The Morgan fingerprint density at radius 3 is 2.35 bits per heavy atom. The van der Waals surface area contributed by atoms with Crippen LogP contribution in [0.1, 0.15) is 27.5 Å². The molecule has 0 unspecified atom stereocenters. The number of nitrogens with one attached hydrogen (secondary N) is 2. The third-order valence-electron chi connectivity index (χ3n) is 5.02. The lowest BCUT2D eigenvalue weighted by atomic mass is 9.87. The van der Waals surface area contributed by atoms with Gasteiger partial charge in [0, 0.05) is 17.2 Å². The van der Waals surface area contributed by atoms with Crippen LogP contribution in [0.5, 0.6) is 11.5 Å². The standard InChI is InChI=1S/C24H19ClN2O3S/c1-30-19-12-16(17(25)13-18(19)28)22-20(23(29)15-10-6-3-7-11-15)21(26-24(31)27-22)14-8-4-2-5-9-14/h2-13,22,28H,1H3,(H2,26,27,31)/t22-/m0/s1. The normalized spacial score (nSPS) is 15.8. The molecule has 0 saturated heterocycles. The molecule has 4 rings (SSSR count). The zero-order valence-electron chi connectivity index (χ0n) is 16.6. The van der Waals surface area contributed by atoms with Crippen molar-refractivity contribution in [1.29, 1.82) is 0 Å². The molecule has 0 saturated carbocycles. The predicted octanol–water partition coefficient (Wildman–Crippen LogP) is 4.87. The van der Waals surface area contributed by atoms with Gasteiger partial charge in [0.05, 0.1) is 29.4 Å². The maximum absolute atomic E-state index is 13.7. The molecule has 1 atom stereocenters. The monoisotopic (exact) mass is 450 g/mol. The minimum atomic E-state index is -0.654. The number of thiocarbonyl (C=S) groups is 1. The van der Waals surface area contributed by atoms with E-state index in [0.29, 0.717) is 27.5 Å². The van der Waals surface area contributed by atoms with E-state index in [1.165, 1.54) is 13.2 Å². The summed E-state index contributed by atoms with van der Waals surface area (Å²) >= 11 is 12.0. The number of carbonyl (C=O) groups excluding carboxylic acids is 1. The van der Waals surface area contributed by atoms with Gasteiger partial charge in [0.2, 0.25) is 0 Å². The highest BCUT2D eigenvalue weighted by atomic mass is 35.5. The number of hydrogen-bond donors (Lipinski definition) is 3. The van der Waals surface area contributed by atoms with Crippen LogP contribution in [0.3, 0.4) is 0 Å². The summed E-state index contributed by atoms with van der Waals surface area (Å²) in [5.41, 5.74) is 2.98. The summed E-state index contributed by atoms with van der Waals surface area (Å²) in [6.07, 6.45) is 0. The Morgan fingerprint density at radius 1 is 1.06 bits per heavy atom. The van der Waals surface area contributed by atoms with Crippen LogP contribution in [0.2, 0.25) is 5.02 Å². The zero-order valence-corrected chi connectivity index (χ0v) is 18.1.